The first-order chi connectivity index (χ1) is 11.6. The van der Waals surface area contributed by atoms with E-state index in [2.05, 4.69) is 20.8 Å². The van der Waals surface area contributed by atoms with E-state index in [-0.39, 0.29) is 18.6 Å². The Morgan fingerprint density at radius 3 is 2.67 bits per heavy atom. The smallest absolute Gasteiger partial charge is 0.315 e. The van der Waals surface area contributed by atoms with E-state index < -0.39 is 6.04 Å². The van der Waals surface area contributed by atoms with Crippen LogP contribution >= 0.6 is 0 Å². The number of urea groups is 1. The molecule has 7 nitrogen and oxygen atoms in total. The van der Waals surface area contributed by atoms with Crippen LogP contribution in [-0.2, 0) is 6.42 Å². The Bertz CT molecular complexity index is 628. The van der Waals surface area contributed by atoms with Crippen molar-refractivity contribution in [1.29, 1.82) is 0 Å². The number of carbonyl (C=O) groups excluding carboxylic acids is 1. The standard InChI is InChI=1S/C17H24N4O3/c1-12(2)16-20-15(24-21-16)9-6-10-18-17(23)19-14(11-22)13-7-4-3-5-8-13/h3-5,7-8,12,14,22H,6,9-11H2,1-2H3,(H2,18,19,23). The van der Waals surface area contributed by atoms with Gasteiger partial charge in [-0.2, -0.15) is 4.98 Å². The van der Waals surface area contributed by atoms with Crippen molar-refractivity contribution in [2.24, 2.45) is 0 Å². The van der Waals surface area contributed by atoms with Crippen LogP contribution in [-0.4, -0.2) is 34.4 Å². The zero-order valence-electron chi connectivity index (χ0n) is 14.0. The summed E-state index contributed by atoms with van der Waals surface area (Å²) in [6.45, 7) is 4.34. The molecule has 0 fully saturated rings. The van der Waals surface area contributed by atoms with E-state index in [9.17, 15) is 9.90 Å². The molecule has 2 aromatic rings. The lowest BCUT2D eigenvalue weighted by molar-refractivity contribution is 0.217. The van der Waals surface area contributed by atoms with E-state index in [1.807, 2.05) is 44.2 Å². The number of hydrogen-bond acceptors (Lipinski definition) is 5. The predicted octanol–water partition coefficient (Wildman–Crippen LogP) is 2.16. The second-order valence-electron chi connectivity index (χ2n) is 5.85. The second-order valence-corrected chi connectivity index (χ2v) is 5.85. The van der Waals surface area contributed by atoms with Gasteiger partial charge in [-0.3, -0.25) is 0 Å². The molecular weight excluding hydrogens is 308 g/mol. The van der Waals surface area contributed by atoms with Crippen LogP contribution < -0.4 is 10.6 Å². The Hall–Kier alpha value is -2.41. The number of aliphatic hydroxyl groups excluding tert-OH is 1. The van der Waals surface area contributed by atoms with Gasteiger partial charge >= 0.3 is 6.03 Å². The molecule has 130 valence electrons. The van der Waals surface area contributed by atoms with Gasteiger partial charge < -0.3 is 20.3 Å². The predicted molar refractivity (Wildman–Crippen MR) is 89.5 cm³/mol. The third-order valence-corrected chi connectivity index (χ3v) is 3.54. The summed E-state index contributed by atoms with van der Waals surface area (Å²) in [6.07, 6.45) is 1.31. The molecule has 0 bridgehead atoms. The SMILES string of the molecule is CC(C)c1noc(CCCNC(=O)NC(CO)c2ccccc2)n1. The molecule has 1 aromatic heterocycles. The molecule has 0 spiro atoms. The number of benzene rings is 1. The Labute approximate surface area is 141 Å². The van der Waals surface area contributed by atoms with Crippen molar-refractivity contribution in [1.82, 2.24) is 20.8 Å². The molecule has 24 heavy (non-hydrogen) atoms. The van der Waals surface area contributed by atoms with Gasteiger partial charge in [-0.05, 0) is 12.0 Å². The van der Waals surface area contributed by atoms with Crippen LogP contribution in [0.1, 0.15) is 49.5 Å². The van der Waals surface area contributed by atoms with E-state index in [1.54, 1.807) is 0 Å². The van der Waals surface area contributed by atoms with E-state index in [4.69, 9.17) is 4.52 Å². The van der Waals surface area contributed by atoms with Crippen molar-refractivity contribution in [3.63, 3.8) is 0 Å². The molecule has 0 saturated carbocycles. The van der Waals surface area contributed by atoms with Crippen LogP contribution in [0, 0.1) is 0 Å². The van der Waals surface area contributed by atoms with Crippen LogP contribution in [0.5, 0.6) is 0 Å². The lowest BCUT2D eigenvalue weighted by Crippen LogP contribution is -2.39. The number of aromatic nitrogens is 2. The van der Waals surface area contributed by atoms with Gasteiger partial charge in [0.1, 0.15) is 0 Å². The summed E-state index contributed by atoms with van der Waals surface area (Å²) in [4.78, 5) is 16.2. The average molecular weight is 332 g/mol. The molecule has 7 heteroatoms. The average Bonchev–Trinajstić information content (AvgIpc) is 3.06. The molecular formula is C17H24N4O3. The largest absolute Gasteiger partial charge is 0.394 e. The van der Waals surface area contributed by atoms with Crippen molar-refractivity contribution in [3.05, 3.63) is 47.6 Å². The maximum absolute atomic E-state index is 11.9. The zero-order chi connectivity index (χ0) is 17.4. The Morgan fingerprint density at radius 2 is 2.04 bits per heavy atom. The van der Waals surface area contributed by atoms with Crippen LogP contribution in [0.3, 0.4) is 0 Å². The van der Waals surface area contributed by atoms with E-state index in [0.29, 0.717) is 31.1 Å². The monoisotopic (exact) mass is 332 g/mol. The summed E-state index contributed by atoms with van der Waals surface area (Å²) < 4.78 is 5.15. The fourth-order valence-corrected chi connectivity index (χ4v) is 2.17. The Balaban J connectivity index is 1.70. The molecule has 0 aliphatic heterocycles. The number of aliphatic hydroxyl groups is 1. The number of amides is 2. The molecule has 2 amide bonds. The minimum absolute atomic E-state index is 0.155. The number of aryl methyl sites for hydroxylation is 1. The lowest BCUT2D eigenvalue weighted by Gasteiger charge is -2.17. The minimum Gasteiger partial charge on any atom is -0.394 e. The summed E-state index contributed by atoms with van der Waals surface area (Å²) in [6, 6.07) is 8.62. The molecule has 0 aliphatic rings. The highest BCUT2D eigenvalue weighted by molar-refractivity contribution is 5.74. The van der Waals surface area contributed by atoms with E-state index >= 15 is 0 Å². The van der Waals surface area contributed by atoms with Crippen LogP contribution in [0.25, 0.3) is 0 Å². The number of carbonyl (C=O) groups is 1. The molecule has 0 aliphatic carbocycles. The van der Waals surface area contributed by atoms with Gasteiger partial charge in [-0.15, -0.1) is 0 Å². The Morgan fingerprint density at radius 1 is 1.29 bits per heavy atom. The highest BCUT2D eigenvalue weighted by Crippen LogP contribution is 2.11. The number of hydrogen-bond donors (Lipinski definition) is 3. The fourth-order valence-electron chi connectivity index (χ4n) is 2.17. The van der Waals surface area contributed by atoms with Crippen molar-refractivity contribution in [3.8, 4) is 0 Å². The summed E-state index contributed by atoms with van der Waals surface area (Å²) >= 11 is 0. The van der Waals surface area contributed by atoms with Crippen LogP contribution in [0.4, 0.5) is 4.79 Å². The molecule has 1 aromatic carbocycles. The summed E-state index contributed by atoms with van der Waals surface area (Å²) in [5, 5.41) is 18.8. The van der Waals surface area contributed by atoms with Gasteiger partial charge in [-0.1, -0.05) is 49.3 Å². The molecule has 1 heterocycles. The van der Waals surface area contributed by atoms with Gasteiger partial charge in [0.15, 0.2) is 5.82 Å². The van der Waals surface area contributed by atoms with E-state index in [1.165, 1.54) is 0 Å². The van der Waals surface area contributed by atoms with Gasteiger partial charge in [0.25, 0.3) is 0 Å². The van der Waals surface area contributed by atoms with Crippen molar-refractivity contribution < 1.29 is 14.4 Å². The van der Waals surface area contributed by atoms with Gasteiger partial charge in [-0.25, -0.2) is 4.79 Å². The van der Waals surface area contributed by atoms with Gasteiger partial charge in [0.2, 0.25) is 5.89 Å². The van der Waals surface area contributed by atoms with Gasteiger partial charge in [0, 0.05) is 18.9 Å². The third-order valence-electron chi connectivity index (χ3n) is 3.54. The van der Waals surface area contributed by atoms with Crippen LogP contribution in [0.15, 0.2) is 34.9 Å². The van der Waals surface area contributed by atoms with Crippen molar-refractivity contribution in [2.75, 3.05) is 13.2 Å². The van der Waals surface area contributed by atoms with Crippen LogP contribution in [0.2, 0.25) is 0 Å². The molecule has 0 saturated heterocycles. The maximum Gasteiger partial charge on any atom is 0.315 e. The maximum atomic E-state index is 11.9. The summed E-state index contributed by atoms with van der Waals surface area (Å²) in [7, 11) is 0. The van der Waals surface area contributed by atoms with Crippen molar-refractivity contribution in [2.45, 2.75) is 38.6 Å². The lowest BCUT2D eigenvalue weighted by atomic mass is 10.1. The Kier molecular flexibility index (Phi) is 6.74. The first-order valence-corrected chi connectivity index (χ1v) is 8.12. The second kappa shape index (κ2) is 9.02. The number of rotatable bonds is 8. The zero-order valence-corrected chi connectivity index (χ0v) is 14.0. The minimum atomic E-state index is -0.421. The fraction of sp³-hybridized carbons (Fsp3) is 0.471. The first kappa shape index (κ1) is 17.9. The van der Waals surface area contributed by atoms with E-state index in [0.717, 1.165) is 5.56 Å². The molecule has 0 radical (unpaired) electrons. The van der Waals surface area contributed by atoms with Crippen molar-refractivity contribution >= 4 is 6.03 Å². The third kappa shape index (κ3) is 5.34. The molecule has 1 unspecified atom stereocenters. The normalized spacial score (nSPS) is 12.2. The van der Waals surface area contributed by atoms with Gasteiger partial charge in [0.05, 0.1) is 12.6 Å². The highest BCUT2D eigenvalue weighted by atomic mass is 16.5. The quantitative estimate of drug-likeness (QED) is 0.643. The first-order valence-electron chi connectivity index (χ1n) is 8.12. The highest BCUT2D eigenvalue weighted by Gasteiger charge is 2.13. The molecule has 2 rings (SSSR count). The summed E-state index contributed by atoms with van der Waals surface area (Å²) in [5.74, 6) is 1.52. The number of nitrogens with one attached hydrogen (secondary N) is 2. The summed E-state index contributed by atoms with van der Waals surface area (Å²) in [5.41, 5.74) is 0.863. The number of nitrogens with zero attached hydrogens (tertiary/aromatic N) is 2. The topological polar surface area (TPSA) is 100 Å². The molecule has 1 atom stereocenters. The molecule has 3 N–H and O–H groups in total.